The minimum atomic E-state index is -1.60. The quantitative estimate of drug-likeness (QED) is 0.0650. The van der Waals surface area contributed by atoms with Gasteiger partial charge in [0.1, 0.15) is 12.1 Å². The van der Waals surface area contributed by atoms with Crippen LogP contribution in [0.15, 0.2) is 17.5 Å². The van der Waals surface area contributed by atoms with E-state index in [1.54, 1.807) is 13.8 Å². The Morgan fingerprint density at radius 2 is 1.67 bits per heavy atom. The molecule has 5 atom stereocenters. The lowest BCUT2D eigenvalue weighted by Crippen LogP contribution is -2.59. The zero-order valence-corrected chi connectivity index (χ0v) is 20.6. The molecule has 0 saturated heterocycles. The number of H-pyrrole nitrogens is 1. The first-order valence-corrected chi connectivity index (χ1v) is 11.4. The Bertz CT molecular complexity index is 900. The van der Waals surface area contributed by atoms with Gasteiger partial charge in [-0.25, -0.2) is 9.78 Å². The monoisotopic (exact) mass is 511 g/mol. The van der Waals surface area contributed by atoms with Gasteiger partial charge in [0.2, 0.25) is 17.7 Å². The van der Waals surface area contributed by atoms with E-state index in [1.165, 1.54) is 19.4 Å². The molecule has 0 bridgehead atoms. The second-order valence-corrected chi connectivity index (χ2v) is 8.69. The van der Waals surface area contributed by atoms with Crippen molar-refractivity contribution >= 4 is 29.7 Å². The van der Waals surface area contributed by atoms with Gasteiger partial charge in [0, 0.05) is 24.9 Å². The maximum Gasteiger partial charge on any atom is 0.328 e. The number of aromatic amines is 1. The normalized spacial score (nSPS) is 15.2. The van der Waals surface area contributed by atoms with Crippen LogP contribution in [0.1, 0.15) is 39.3 Å². The van der Waals surface area contributed by atoms with E-state index in [4.69, 9.17) is 17.2 Å². The number of carboxylic acids is 1. The number of carbonyl (C=O) groups is 4. The van der Waals surface area contributed by atoms with Crippen molar-refractivity contribution in [2.45, 2.75) is 70.3 Å². The van der Waals surface area contributed by atoms with E-state index in [1.807, 2.05) is 0 Å². The molecular formula is C21H37N9O6. The van der Waals surface area contributed by atoms with Crippen LogP contribution in [0.5, 0.6) is 0 Å². The smallest absolute Gasteiger partial charge is 0.328 e. The Hall–Kier alpha value is -3.72. The van der Waals surface area contributed by atoms with Gasteiger partial charge in [-0.1, -0.05) is 13.8 Å². The van der Waals surface area contributed by atoms with Crippen molar-refractivity contribution in [2.75, 3.05) is 6.54 Å². The van der Waals surface area contributed by atoms with Crippen LogP contribution >= 0.6 is 0 Å². The number of nitrogens with one attached hydrogen (secondary N) is 4. The Balaban J connectivity index is 3.10. The lowest BCUT2D eigenvalue weighted by Gasteiger charge is -2.26. The maximum atomic E-state index is 13.2. The molecule has 5 unspecified atom stereocenters. The summed E-state index contributed by atoms with van der Waals surface area (Å²) in [5.74, 6) is -3.87. The minimum absolute atomic E-state index is 0.0656. The van der Waals surface area contributed by atoms with Gasteiger partial charge >= 0.3 is 5.97 Å². The van der Waals surface area contributed by atoms with Crippen LogP contribution in [0.3, 0.4) is 0 Å². The molecule has 1 aromatic heterocycles. The van der Waals surface area contributed by atoms with Crippen LogP contribution in [0, 0.1) is 5.92 Å². The third-order valence-corrected chi connectivity index (χ3v) is 5.26. The van der Waals surface area contributed by atoms with E-state index in [9.17, 15) is 29.4 Å². The number of aromatic nitrogens is 2. The first-order chi connectivity index (χ1) is 16.8. The molecule has 202 valence electrons. The van der Waals surface area contributed by atoms with Gasteiger partial charge in [-0.05, 0) is 25.7 Å². The number of nitrogens with two attached hydrogens (primary N) is 3. The molecule has 12 N–H and O–H groups in total. The molecule has 15 nitrogen and oxygen atoms in total. The van der Waals surface area contributed by atoms with Crippen molar-refractivity contribution in [1.29, 1.82) is 0 Å². The predicted octanol–water partition coefficient (Wildman–Crippen LogP) is -3.09. The van der Waals surface area contributed by atoms with E-state index in [0.29, 0.717) is 12.1 Å². The minimum Gasteiger partial charge on any atom is -0.480 e. The van der Waals surface area contributed by atoms with E-state index >= 15 is 0 Å². The average Bonchev–Trinajstić information content (AvgIpc) is 3.30. The lowest BCUT2D eigenvalue weighted by molar-refractivity contribution is -0.145. The summed E-state index contributed by atoms with van der Waals surface area (Å²) in [6.45, 7) is 4.92. The summed E-state index contributed by atoms with van der Waals surface area (Å²) in [5.41, 5.74) is 17.0. The summed E-state index contributed by atoms with van der Waals surface area (Å²) < 4.78 is 0. The Morgan fingerprint density at radius 1 is 1.06 bits per heavy atom. The Morgan fingerprint density at radius 3 is 2.17 bits per heavy atom. The second kappa shape index (κ2) is 14.6. The first-order valence-electron chi connectivity index (χ1n) is 11.4. The highest BCUT2D eigenvalue weighted by Gasteiger charge is 2.32. The predicted molar refractivity (Wildman–Crippen MR) is 130 cm³/mol. The number of nitrogens with zero attached hydrogens (tertiary/aromatic N) is 2. The number of carboxylic acid groups (broad SMARTS) is 1. The summed E-state index contributed by atoms with van der Waals surface area (Å²) in [7, 11) is 0. The average molecular weight is 512 g/mol. The molecular weight excluding hydrogens is 474 g/mol. The van der Waals surface area contributed by atoms with Crippen molar-refractivity contribution in [2.24, 2.45) is 28.1 Å². The summed E-state index contributed by atoms with van der Waals surface area (Å²) in [6, 6.07) is -4.81. The Labute approximate surface area is 208 Å². The number of guanidine groups is 1. The number of carbonyl (C=O) groups excluding carboxylic acids is 3. The van der Waals surface area contributed by atoms with Gasteiger partial charge in [-0.15, -0.1) is 0 Å². The molecule has 0 radical (unpaired) electrons. The molecule has 1 heterocycles. The fourth-order valence-corrected chi connectivity index (χ4v) is 3.08. The number of aliphatic carboxylic acids is 1. The van der Waals surface area contributed by atoms with E-state index in [2.05, 4.69) is 30.9 Å². The largest absolute Gasteiger partial charge is 0.480 e. The van der Waals surface area contributed by atoms with Crippen LogP contribution in [-0.4, -0.2) is 86.6 Å². The summed E-state index contributed by atoms with van der Waals surface area (Å²) in [5, 5.41) is 26.4. The standard InChI is InChI=1S/C21H37N9O6/c1-10(2)15(22)19(34)28-13(5-4-6-26-21(23)24)17(32)29-14(7-12-8-25-9-27-12)18(33)30-16(11(3)31)20(35)36/h8-11,13-16,31H,4-7,22H2,1-3H3,(H,25,27)(H,28,34)(H,29,32)(H,30,33)(H,35,36)(H4,23,24,26). The SMILES string of the molecule is CC(C)C(N)C(=O)NC(CCCN=C(N)N)C(=O)NC(Cc1cnc[nH]1)C(=O)NC(C(=O)O)C(C)O. The zero-order chi connectivity index (χ0) is 27.4. The van der Waals surface area contributed by atoms with Crippen LogP contribution in [0.4, 0.5) is 0 Å². The van der Waals surface area contributed by atoms with Crippen LogP contribution in [0.25, 0.3) is 0 Å². The van der Waals surface area contributed by atoms with Gasteiger partial charge < -0.3 is 48.3 Å². The van der Waals surface area contributed by atoms with E-state index in [-0.39, 0.29) is 31.3 Å². The number of hydrogen-bond acceptors (Lipinski definition) is 8. The number of aliphatic hydroxyl groups excluding tert-OH is 1. The third-order valence-electron chi connectivity index (χ3n) is 5.26. The topological polar surface area (TPSA) is 264 Å². The summed E-state index contributed by atoms with van der Waals surface area (Å²) in [4.78, 5) is 60.6. The van der Waals surface area contributed by atoms with Gasteiger partial charge in [-0.2, -0.15) is 0 Å². The molecule has 1 rings (SSSR count). The first kappa shape index (κ1) is 30.3. The highest BCUT2D eigenvalue weighted by Crippen LogP contribution is 2.06. The Kier molecular flexibility index (Phi) is 12.3. The fourth-order valence-electron chi connectivity index (χ4n) is 3.08. The molecule has 0 aromatic carbocycles. The number of aliphatic imine (C=N–C) groups is 1. The zero-order valence-electron chi connectivity index (χ0n) is 20.6. The van der Waals surface area contributed by atoms with Crippen molar-refractivity contribution in [1.82, 2.24) is 25.9 Å². The number of aliphatic hydroxyl groups is 1. The van der Waals surface area contributed by atoms with Crippen LogP contribution in [0.2, 0.25) is 0 Å². The van der Waals surface area contributed by atoms with Crippen molar-refractivity contribution in [3.63, 3.8) is 0 Å². The molecule has 0 aliphatic carbocycles. The number of amides is 3. The molecule has 0 saturated carbocycles. The third kappa shape index (κ3) is 10.3. The van der Waals surface area contributed by atoms with E-state index in [0.717, 1.165) is 0 Å². The van der Waals surface area contributed by atoms with Gasteiger partial charge in [-0.3, -0.25) is 19.4 Å². The van der Waals surface area contributed by atoms with Gasteiger partial charge in [0.25, 0.3) is 0 Å². The molecule has 0 aliphatic heterocycles. The van der Waals surface area contributed by atoms with Crippen molar-refractivity contribution in [3.05, 3.63) is 18.2 Å². The van der Waals surface area contributed by atoms with E-state index < -0.39 is 54.0 Å². The molecule has 15 heteroatoms. The van der Waals surface area contributed by atoms with Gasteiger partial charge in [0.05, 0.1) is 18.5 Å². The molecule has 0 aliphatic rings. The number of imidazole rings is 1. The maximum absolute atomic E-state index is 13.2. The molecule has 36 heavy (non-hydrogen) atoms. The molecule has 0 spiro atoms. The summed E-state index contributed by atoms with van der Waals surface area (Å²) >= 11 is 0. The second-order valence-electron chi connectivity index (χ2n) is 8.69. The van der Waals surface area contributed by atoms with Crippen molar-refractivity contribution < 1.29 is 29.4 Å². The van der Waals surface area contributed by atoms with Crippen LogP contribution < -0.4 is 33.2 Å². The van der Waals surface area contributed by atoms with Crippen molar-refractivity contribution in [3.8, 4) is 0 Å². The van der Waals surface area contributed by atoms with Gasteiger partial charge in [0.15, 0.2) is 12.0 Å². The molecule has 1 aromatic rings. The number of rotatable bonds is 15. The molecule has 3 amide bonds. The summed E-state index contributed by atoms with van der Waals surface area (Å²) in [6.07, 6.45) is 1.81. The lowest BCUT2D eigenvalue weighted by atomic mass is 10.0. The highest BCUT2D eigenvalue weighted by molar-refractivity contribution is 5.94. The number of hydrogen-bond donors (Lipinski definition) is 9. The fraction of sp³-hybridized carbons (Fsp3) is 0.619. The van der Waals surface area contributed by atoms with Crippen LogP contribution in [-0.2, 0) is 25.6 Å². The molecule has 0 fully saturated rings. The highest BCUT2D eigenvalue weighted by atomic mass is 16.4.